The molecule has 0 amide bonds. The molecule has 2 aromatic heterocycles. The molecule has 17 heavy (non-hydrogen) atoms. The van der Waals surface area contributed by atoms with Crippen LogP contribution in [-0.4, -0.2) is 21.0 Å². The lowest BCUT2D eigenvalue weighted by Crippen LogP contribution is -1.98. The summed E-state index contributed by atoms with van der Waals surface area (Å²) >= 11 is 1.52. The number of thiazole rings is 1. The van der Waals surface area contributed by atoms with Gasteiger partial charge in [0.05, 0.1) is 22.3 Å². The van der Waals surface area contributed by atoms with Crippen molar-refractivity contribution in [1.82, 2.24) is 9.97 Å². The normalized spacial score (nSPS) is 22.4. The number of pyridine rings is 1. The highest BCUT2D eigenvalue weighted by Crippen LogP contribution is 2.48. The molecule has 0 saturated heterocycles. The molecule has 0 spiro atoms. The molecular weight excluding hydrogens is 236 g/mol. The molecule has 3 rings (SSSR count). The van der Waals surface area contributed by atoms with Gasteiger partial charge in [0.25, 0.3) is 0 Å². The Labute approximate surface area is 102 Å². The second-order valence-corrected chi connectivity index (χ2v) is 4.96. The third kappa shape index (κ3) is 1.93. The SMILES string of the molecule is O=C(O)C1CC1c1nc(-c2ccccn2)cs1. The molecule has 1 N–H and O–H groups in total. The Morgan fingerprint density at radius 3 is 2.94 bits per heavy atom. The molecule has 0 radical (unpaired) electrons. The number of hydrogen-bond acceptors (Lipinski definition) is 4. The number of nitrogens with zero attached hydrogens (tertiary/aromatic N) is 2. The molecule has 1 saturated carbocycles. The van der Waals surface area contributed by atoms with Gasteiger partial charge in [-0.05, 0) is 18.6 Å². The molecular formula is C12H10N2O2S. The number of rotatable bonds is 3. The van der Waals surface area contributed by atoms with E-state index in [1.807, 2.05) is 23.6 Å². The highest BCUT2D eigenvalue weighted by atomic mass is 32.1. The molecule has 2 heterocycles. The van der Waals surface area contributed by atoms with Crippen molar-refractivity contribution in [2.45, 2.75) is 12.3 Å². The van der Waals surface area contributed by atoms with Crippen molar-refractivity contribution in [3.8, 4) is 11.4 Å². The van der Waals surface area contributed by atoms with E-state index in [0.717, 1.165) is 16.4 Å². The van der Waals surface area contributed by atoms with Gasteiger partial charge in [0.1, 0.15) is 0 Å². The van der Waals surface area contributed by atoms with Crippen LogP contribution in [0.15, 0.2) is 29.8 Å². The van der Waals surface area contributed by atoms with Gasteiger partial charge in [-0.3, -0.25) is 9.78 Å². The van der Waals surface area contributed by atoms with E-state index in [0.29, 0.717) is 6.42 Å². The number of hydrogen-bond donors (Lipinski definition) is 1. The monoisotopic (exact) mass is 246 g/mol. The van der Waals surface area contributed by atoms with Gasteiger partial charge in [0, 0.05) is 17.5 Å². The summed E-state index contributed by atoms with van der Waals surface area (Å²) in [5.74, 6) is -0.850. The zero-order valence-electron chi connectivity index (χ0n) is 8.91. The Morgan fingerprint density at radius 2 is 2.29 bits per heavy atom. The van der Waals surface area contributed by atoms with Gasteiger partial charge < -0.3 is 5.11 Å². The van der Waals surface area contributed by atoms with Crippen molar-refractivity contribution in [1.29, 1.82) is 0 Å². The van der Waals surface area contributed by atoms with E-state index in [4.69, 9.17) is 5.11 Å². The number of aromatic nitrogens is 2. The van der Waals surface area contributed by atoms with Gasteiger partial charge in [-0.1, -0.05) is 6.07 Å². The minimum Gasteiger partial charge on any atom is -0.481 e. The molecule has 2 unspecified atom stereocenters. The molecule has 0 bridgehead atoms. The predicted octanol–water partition coefficient (Wildman–Crippen LogP) is 2.39. The van der Waals surface area contributed by atoms with Crippen LogP contribution in [0.2, 0.25) is 0 Å². The second kappa shape index (κ2) is 3.92. The van der Waals surface area contributed by atoms with Crippen molar-refractivity contribution in [2.24, 2.45) is 5.92 Å². The lowest BCUT2D eigenvalue weighted by atomic mass is 10.3. The van der Waals surface area contributed by atoms with E-state index in [2.05, 4.69) is 9.97 Å². The highest BCUT2D eigenvalue weighted by Gasteiger charge is 2.46. The first-order valence-electron chi connectivity index (χ1n) is 5.35. The maximum absolute atomic E-state index is 10.8. The fraction of sp³-hybridized carbons (Fsp3) is 0.250. The van der Waals surface area contributed by atoms with Crippen LogP contribution < -0.4 is 0 Å². The van der Waals surface area contributed by atoms with Gasteiger partial charge in [-0.2, -0.15) is 0 Å². The molecule has 5 heteroatoms. The summed E-state index contributed by atoms with van der Waals surface area (Å²) < 4.78 is 0. The van der Waals surface area contributed by atoms with Crippen LogP contribution in [0.3, 0.4) is 0 Å². The van der Waals surface area contributed by atoms with Crippen molar-refractivity contribution in [3.63, 3.8) is 0 Å². The summed E-state index contributed by atoms with van der Waals surface area (Å²) in [7, 11) is 0. The lowest BCUT2D eigenvalue weighted by molar-refractivity contribution is -0.138. The van der Waals surface area contributed by atoms with E-state index >= 15 is 0 Å². The number of aliphatic carboxylic acids is 1. The van der Waals surface area contributed by atoms with E-state index in [1.165, 1.54) is 11.3 Å². The summed E-state index contributed by atoms with van der Waals surface area (Å²) in [6.07, 6.45) is 2.44. The predicted molar refractivity (Wildman–Crippen MR) is 63.8 cm³/mol. The minimum absolute atomic E-state index is 0.106. The van der Waals surface area contributed by atoms with Crippen molar-refractivity contribution < 1.29 is 9.90 Å². The van der Waals surface area contributed by atoms with E-state index < -0.39 is 5.97 Å². The largest absolute Gasteiger partial charge is 0.481 e. The van der Waals surface area contributed by atoms with Crippen LogP contribution in [0.4, 0.5) is 0 Å². The maximum Gasteiger partial charge on any atom is 0.307 e. The fourth-order valence-electron chi connectivity index (χ4n) is 1.83. The van der Waals surface area contributed by atoms with Gasteiger partial charge >= 0.3 is 5.97 Å². The summed E-state index contributed by atoms with van der Waals surface area (Å²) in [5, 5.41) is 11.7. The van der Waals surface area contributed by atoms with Crippen LogP contribution in [0.5, 0.6) is 0 Å². The average Bonchev–Trinajstić information content (AvgIpc) is 3.01. The van der Waals surface area contributed by atoms with Crippen molar-refractivity contribution in [3.05, 3.63) is 34.8 Å². The Kier molecular flexibility index (Phi) is 2.40. The summed E-state index contributed by atoms with van der Waals surface area (Å²) in [5.41, 5.74) is 1.67. The standard InChI is InChI=1S/C12H10N2O2S/c15-12(16)8-5-7(8)11-14-10(6-17-11)9-3-1-2-4-13-9/h1-4,6-8H,5H2,(H,15,16). The smallest absolute Gasteiger partial charge is 0.307 e. The Bertz CT molecular complexity index is 553. The van der Waals surface area contributed by atoms with Crippen LogP contribution in [0.1, 0.15) is 17.3 Å². The quantitative estimate of drug-likeness (QED) is 0.903. The molecule has 0 aliphatic heterocycles. The molecule has 0 aromatic carbocycles. The Balaban J connectivity index is 1.83. The molecule has 1 aliphatic rings. The molecule has 86 valence electrons. The number of carboxylic acids is 1. The maximum atomic E-state index is 10.8. The summed E-state index contributed by atoms with van der Waals surface area (Å²) in [6, 6.07) is 5.68. The van der Waals surface area contributed by atoms with Gasteiger partial charge in [-0.25, -0.2) is 4.98 Å². The average molecular weight is 246 g/mol. The lowest BCUT2D eigenvalue weighted by Gasteiger charge is -1.93. The van der Waals surface area contributed by atoms with Crippen molar-refractivity contribution in [2.75, 3.05) is 0 Å². The zero-order valence-corrected chi connectivity index (χ0v) is 9.72. The number of carboxylic acid groups (broad SMARTS) is 1. The first kappa shape index (κ1) is 10.4. The topological polar surface area (TPSA) is 63.1 Å². The molecule has 4 nitrogen and oxygen atoms in total. The zero-order chi connectivity index (χ0) is 11.8. The molecule has 1 aliphatic carbocycles. The van der Waals surface area contributed by atoms with Gasteiger partial charge in [0.2, 0.25) is 0 Å². The first-order chi connectivity index (χ1) is 8.25. The second-order valence-electron chi connectivity index (χ2n) is 4.07. The highest BCUT2D eigenvalue weighted by molar-refractivity contribution is 7.10. The van der Waals surface area contributed by atoms with Gasteiger partial charge in [0.15, 0.2) is 0 Å². The third-order valence-corrected chi connectivity index (χ3v) is 3.85. The van der Waals surface area contributed by atoms with Gasteiger partial charge in [-0.15, -0.1) is 11.3 Å². The van der Waals surface area contributed by atoms with Crippen LogP contribution in [0, 0.1) is 5.92 Å². The van der Waals surface area contributed by atoms with E-state index in [-0.39, 0.29) is 11.8 Å². The van der Waals surface area contributed by atoms with Crippen molar-refractivity contribution >= 4 is 17.3 Å². The number of carbonyl (C=O) groups is 1. The Morgan fingerprint density at radius 1 is 1.41 bits per heavy atom. The molecule has 1 fully saturated rings. The van der Waals surface area contributed by atoms with Crippen LogP contribution in [-0.2, 0) is 4.79 Å². The van der Waals surface area contributed by atoms with E-state index in [9.17, 15) is 4.79 Å². The summed E-state index contributed by atoms with van der Waals surface area (Å²) in [6.45, 7) is 0. The third-order valence-electron chi connectivity index (χ3n) is 2.87. The fourth-order valence-corrected chi connectivity index (χ4v) is 2.82. The molecule has 2 aromatic rings. The minimum atomic E-state index is -0.718. The van der Waals surface area contributed by atoms with Crippen LogP contribution in [0.25, 0.3) is 11.4 Å². The van der Waals surface area contributed by atoms with E-state index in [1.54, 1.807) is 6.20 Å². The summed E-state index contributed by atoms with van der Waals surface area (Å²) in [4.78, 5) is 19.5. The first-order valence-corrected chi connectivity index (χ1v) is 6.23. The Hall–Kier alpha value is -1.75. The molecule has 2 atom stereocenters. The van der Waals surface area contributed by atoms with Crippen LogP contribution >= 0.6 is 11.3 Å².